The lowest BCUT2D eigenvalue weighted by atomic mass is 9.93. The number of nitrogens with one attached hydrogen (secondary N) is 4. The van der Waals surface area contributed by atoms with Crippen LogP contribution >= 0.6 is 23.2 Å². The first kappa shape index (κ1) is 44.2. The summed E-state index contributed by atoms with van der Waals surface area (Å²) >= 11 is 11.9. The van der Waals surface area contributed by atoms with E-state index in [0.717, 1.165) is 9.80 Å². The molecule has 16 nitrogen and oxygen atoms in total. The quantitative estimate of drug-likeness (QED) is 0.0765. The molecule has 338 valence electrons. The summed E-state index contributed by atoms with van der Waals surface area (Å²) < 4.78 is 46.9. The second-order valence-electron chi connectivity index (χ2n) is 14.9. The number of aliphatic hydroxyl groups is 2. The summed E-state index contributed by atoms with van der Waals surface area (Å²) in [5.41, 5.74) is -1.41. The van der Waals surface area contributed by atoms with Crippen LogP contribution in [0.3, 0.4) is 0 Å². The van der Waals surface area contributed by atoms with E-state index in [1.165, 1.54) is 48.5 Å². The average Bonchev–Trinajstić information content (AvgIpc) is 4.03. The number of aromatic nitrogens is 4. The van der Waals surface area contributed by atoms with E-state index in [-0.39, 0.29) is 66.7 Å². The number of hydrogen-bond donors (Lipinski definition) is 7. The van der Waals surface area contributed by atoms with E-state index in [4.69, 9.17) is 28.3 Å². The molecular weight excluding hydrogens is 920 g/mol. The molecule has 0 bridgehead atoms. The maximum absolute atomic E-state index is 15.0. The number of halogens is 5. The van der Waals surface area contributed by atoms with Gasteiger partial charge in [0, 0.05) is 33.4 Å². The summed E-state index contributed by atoms with van der Waals surface area (Å²) in [6.45, 7) is -1.22. The number of imidazole rings is 2. The molecule has 21 heteroatoms. The van der Waals surface area contributed by atoms with Gasteiger partial charge in [0.15, 0.2) is 23.1 Å². The molecule has 0 radical (unpaired) electrons. The zero-order valence-electron chi connectivity index (χ0n) is 34.0. The predicted octanol–water partition coefficient (Wildman–Crippen LogP) is 9.03. The van der Waals surface area contributed by atoms with Gasteiger partial charge in [-0.05, 0) is 60.7 Å². The van der Waals surface area contributed by atoms with Crippen LogP contribution in [-0.2, 0) is 16.2 Å². The standard InChI is InChI=1S/C24H17ClF2N4O4.C22H14ClFN4O4/c25-16-6-3-7-19(20(16)27)31-21(32)14-4-1-2-5-15(14)24(31,34)13-8-9-17-18(12-13)29-22(28-17)30-23(33)35-11-10-26;23-14-6-3-7-17(18(14)24)28-19(29)12-4-1-2-5-13(12)22(28,32)11-8-9-15-16(10-11)26-20(25-15)27-21(30)31/h1-9,12,34H,10-11H2,(H2,28,29,30,33);1-10,32H,(H,30,31)(H2,25,26,27). The van der Waals surface area contributed by atoms with Crippen LogP contribution in [0, 0.1) is 11.6 Å². The molecule has 10 rings (SSSR count). The monoisotopic (exact) mass is 950 g/mol. The highest BCUT2D eigenvalue weighted by atomic mass is 35.5. The first-order valence-electron chi connectivity index (χ1n) is 19.9. The minimum atomic E-state index is -2.08. The molecule has 2 unspecified atom stereocenters. The van der Waals surface area contributed by atoms with Gasteiger partial charge in [-0.3, -0.25) is 30.0 Å². The molecule has 67 heavy (non-hydrogen) atoms. The summed E-state index contributed by atoms with van der Waals surface area (Å²) in [6, 6.07) is 30.5. The van der Waals surface area contributed by atoms with Crippen LogP contribution in [0.15, 0.2) is 121 Å². The Kier molecular flexibility index (Phi) is 11.3. The zero-order valence-corrected chi connectivity index (χ0v) is 35.5. The van der Waals surface area contributed by atoms with E-state index in [9.17, 15) is 38.2 Å². The first-order valence-corrected chi connectivity index (χ1v) is 20.6. The summed E-state index contributed by atoms with van der Waals surface area (Å²) in [7, 11) is 0. The van der Waals surface area contributed by atoms with Gasteiger partial charge in [-0.2, -0.15) is 0 Å². The molecule has 0 saturated carbocycles. The van der Waals surface area contributed by atoms with E-state index < -0.39 is 60.4 Å². The lowest BCUT2D eigenvalue weighted by Crippen LogP contribution is -2.45. The number of carboxylic acid groups (broad SMARTS) is 1. The number of carbonyl (C=O) groups is 4. The molecule has 7 N–H and O–H groups in total. The highest BCUT2D eigenvalue weighted by Gasteiger charge is 2.53. The Morgan fingerprint density at radius 2 is 1.10 bits per heavy atom. The van der Waals surface area contributed by atoms with E-state index in [1.807, 2.05) is 0 Å². The number of H-pyrrole nitrogens is 2. The van der Waals surface area contributed by atoms with Crippen molar-refractivity contribution in [2.75, 3.05) is 33.7 Å². The molecule has 4 amide bonds. The predicted molar refractivity (Wildman–Crippen MR) is 240 cm³/mol. The molecule has 2 aliphatic heterocycles. The Morgan fingerprint density at radius 1 is 0.657 bits per heavy atom. The van der Waals surface area contributed by atoms with Gasteiger partial charge in [0.2, 0.25) is 11.9 Å². The Morgan fingerprint density at radius 3 is 1.55 bits per heavy atom. The largest absolute Gasteiger partial charge is 0.465 e. The van der Waals surface area contributed by atoms with Crippen LogP contribution in [0.5, 0.6) is 0 Å². The summed E-state index contributed by atoms with van der Waals surface area (Å²) in [4.78, 5) is 65.2. The highest BCUT2D eigenvalue weighted by Crippen LogP contribution is 2.48. The molecule has 0 fully saturated rings. The lowest BCUT2D eigenvalue weighted by Gasteiger charge is -2.35. The molecule has 0 aliphatic carbocycles. The van der Waals surface area contributed by atoms with Crippen LogP contribution in [0.1, 0.15) is 43.0 Å². The molecule has 2 aliphatic rings. The van der Waals surface area contributed by atoms with Crippen molar-refractivity contribution in [3.8, 4) is 0 Å². The third-order valence-electron chi connectivity index (χ3n) is 11.0. The van der Waals surface area contributed by atoms with Gasteiger partial charge in [0.05, 0.1) is 43.5 Å². The van der Waals surface area contributed by atoms with Crippen LogP contribution in [0.25, 0.3) is 22.1 Å². The topological polar surface area (TPSA) is 226 Å². The number of anilines is 4. The van der Waals surface area contributed by atoms with Crippen molar-refractivity contribution in [1.82, 2.24) is 19.9 Å². The van der Waals surface area contributed by atoms with Gasteiger partial charge in [-0.1, -0.05) is 83.9 Å². The maximum Gasteiger partial charge on any atom is 0.414 e. The van der Waals surface area contributed by atoms with Crippen LogP contribution in [0.4, 0.5) is 46.0 Å². The van der Waals surface area contributed by atoms with Crippen molar-refractivity contribution in [1.29, 1.82) is 0 Å². The Balaban J connectivity index is 0.000000169. The molecule has 0 spiro atoms. The van der Waals surface area contributed by atoms with Gasteiger partial charge in [0.25, 0.3) is 11.8 Å². The number of aromatic amines is 2. The number of alkyl halides is 1. The number of carbonyl (C=O) groups excluding carboxylic acids is 3. The van der Waals surface area contributed by atoms with E-state index in [1.54, 1.807) is 72.8 Å². The third-order valence-corrected chi connectivity index (χ3v) is 11.6. The SMILES string of the molecule is O=C(Nc1nc2ccc(C3(O)c4ccccc4C(=O)N3c3cccc(Cl)c3F)cc2[nH]1)OCCF.O=C(O)Nc1nc2ccc(C3(O)c4ccccc4C(=O)N3c3cccc(Cl)c3F)cc2[nH]1. The maximum atomic E-state index is 15.0. The van der Waals surface area contributed by atoms with E-state index in [2.05, 4.69) is 35.3 Å². The normalized spacial score (nSPS) is 17.3. The molecule has 0 saturated heterocycles. The average molecular weight is 952 g/mol. The molecule has 2 atom stereocenters. The number of fused-ring (bicyclic) bond motifs is 4. The molecule has 8 aromatic rings. The zero-order chi connectivity index (χ0) is 47.4. The minimum absolute atomic E-state index is 0.00252. The molecule has 2 aromatic heterocycles. The van der Waals surface area contributed by atoms with Crippen LogP contribution < -0.4 is 20.4 Å². The number of ether oxygens (including phenoxy) is 1. The van der Waals surface area contributed by atoms with Crippen LogP contribution in [0.2, 0.25) is 10.0 Å². The van der Waals surface area contributed by atoms with Gasteiger partial charge in [-0.15, -0.1) is 0 Å². The number of rotatable bonds is 8. The van der Waals surface area contributed by atoms with E-state index >= 15 is 4.39 Å². The van der Waals surface area contributed by atoms with Gasteiger partial charge < -0.3 is 30.0 Å². The summed E-state index contributed by atoms with van der Waals surface area (Å²) in [6.07, 6.45) is -2.18. The lowest BCUT2D eigenvalue weighted by molar-refractivity contribution is 0.0689. The fraction of sp³-hybridized carbons (Fsp3) is 0.0870. The molecular formula is C46H31Cl2F3N8O8. The number of amides is 4. The van der Waals surface area contributed by atoms with Gasteiger partial charge >= 0.3 is 12.2 Å². The van der Waals surface area contributed by atoms with E-state index in [0.29, 0.717) is 22.1 Å². The van der Waals surface area contributed by atoms with Crippen molar-refractivity contribution in [3.05, 3.63) is 176 Å². The van der Waals surface area contributed by atoms with Gasteiger partial charge in [-0.25, -0.2) is 32.7 Å². The molecule has 4 heterocycles. The minimum Gasteiger partial charge on any atom is -0.465 e. The fourth-order valence-electron chi connectivity index (χ4n) is 8.13. The van der Waals surface area contributed by atoms with Crippen molar-refractivity contribution in [2.45, 2.75) is 11.4 Å². The van der Waals surface area contributed by atoms with Crippen molar-refractivity contribution in [2.24, 2.45) is 0 Å². The van der Waals surface area contributed by atoms with Gasteiger partial charge in [0.1, 0.15) is 13.3 Å². The van der Waals surface area contributed by atoms with Crippen LogP contribution in [-0.4, -0.2) is 72.5 Å². The summed E-state index contributed by atoms with van der Waals surface area (Å²) in [5.74, 6) is -2.86. The smallest absolute Gasteiger partial charge is 0.414 e. The number of nitrogens with zero attached hydrogens (tertiary/aromatic N) is 4. The summed E-state index contributed by atoms with van der Waals surface area (Å²) in [5, 5.41) is 37.0. The number of benzene rings is 6. The second-order valence-corrected chi connectivity index (χ2v) is 15.7. The molecule has 6 aromatic carbocycles. The highest BCUT2D eigenvalue weighted by molar-refractivity contribution is 6.31. The Labute approximate surface area is 385 Å². The first-order chi connectivity index (χ1) is 32.1. The second kappa shape index (κ2) is 17.1. The Bertz CT molecular complexity index is 3340. The van der Waals surface area contributed by atoms with Crippen molar-refractivity contribution < 1.29 is 52.4 Å². The van der Waals surface area contributed by atoms with Crippen molar-refractivity contribution >= 4 is 92.5 Å². The third kappa shape index (κ3) is 7.48. The number of hydrogen-bond acceptors (Lipinski definition) is 9. The Hall–Kier alpha value is -7.97. The fourth-order valence-corrected chi connectivity index (χ4v) is 8.47. The van der Waals surface area contributed by atoms with Crippen molar-refractivity contribution in [3.63, 3.8) is 0 Å².